The van der Waals surface area contributed by atoms with Gasteiger partial charge in [-0.25, -0.2) is 0 Å². The molecule has 0 saturated carbocycles. The lowest BCUT2D eigenvalue weighted by molar-refractivity contribution is -0.187. The molecule has 8 heteroatoms. The molecule has 1 atom stereocenters. The van der Waals surface area contributed by atoms with Gasteiger partial charge >= 0.3 is 6.18 Å². The summed E-state index contributed by atoms with van der Waals surface area (Å²) in [5.74, 6) is -1.24. The fourth-order valence-electron chi connectivity index (χ4n) is 1.10. The van der Waals surface area contributed by atoms with Gasteiger partial charge in [-0.1, -0.05) is 11.6 Å². The lowest BCUT2D eigenvalue weighted by atomic mass is 10.0. The SMILES string of the molecule is CC(N)(C(=O)NCCc1ccc(Cl)s1)C(F)(F)F. The molecule has 3 nitrogen and oxygen atoms in total. The van der Waals surface area contributed by atoms with E-state index < -0.39 is 17.6 Å². The predicted molar refractivity (Wildman–Crippen MR) is 64.7 cm³/mol. The van der Waals surface area contributed by atoms with Crippen LogP contribution in [0.25, 0.3) is 0 Å². The second-order valence-corrected chi connectivity index (χ2v) is 5.71. The van der Waals surface area contributed by atoms with Crippen LogP contribution in [0.5, 0.6) is 0 Å². The fourth-order valence-corrected chi connectivity index (χ4v) is 2.18. The molecule has 1 amide bonds. The Bertz CT molecular complexity index is 431. The van der Waals surface area contributed by atoms with Crippen LogP contribution in [0.3, 0.4) is 0 Å². The number of thiophene rings is 1. The zero-order chi connectivity index (χ0) is 14.0. The largest absolute Gasteiger partial charge is 0.415 e. The Morgan fingerprint density at radius 1 is 1.50 bits per heavy atom. The first kappa shape index (κ1) is 15.3. The van der Waals surface area contributed by atoms with Crippen molar-refractivity contribution >= 4 is 28.8 Å². The molecule has 102 valence electrons. The molecule has 0 spiro atoms. The average Bonchev–Trinajstić information content (AvgIpc) is 2.62. The van der Waals surface area contributed by atoms with Gasteiger partial charge in [0.15, 0.2) is 5.54 Å². The Balaban J connectivity index is 2.47. The first-order valence-electron chi connectivity index (χ1n) is 5.02. The predicted octanol–water partition coefficient (Wildman–Crippen LogP) is 2.34. The molecular weight excluding hydrogens is 289 g/mol. The summed E-state index contributed by atoms with van der Waals surface area (Å²) in [6.07, 6.45) is -4.36. The minimum absolute atomic E-state index is 0.0819. The summed E-state index contributed by atoms with van der Waals surface area (Å²) in [7, 11) is 0. The van der Waals surface area contributed by atoms with E-state index in [2.05, 4.69) is 5.32 Å². The molecule has 0 aliphatic rings. The molecule has 1 rings (SSSR count). The van der Waals surface area contributed by atoms with Crippen LogP contribution in [0.1, 0.15) is 11.8 Å². The first-order chi connectivity index (χ1) is 8.14. The van der Waals surface area contributed by atoms with E-state index in [4.69, 9.17) is 17.3 Å². The second-order valence-electron chi connectivity index (χ2n) is 3.91. The van der Waals surface area contributed by atoms with Gasteiger partial charge in [0.2, 0.25) is 5.91 Å². The molecule has 0 aromatic carbocycles. The van der Waals surface area contributed by atoms with E-state index in [0.717, 1.165) is 4.88 Å². The van der Waals surface area contributed by atoms with Crippen LogP contribution in [0.4, 0.5) is 13.2 Å². The van der Waals surface area contributed by atoms with Crippen molar-refractivity contribution in [1.82, 2.24) is 5.32 Å². The van der Waals surface area contributed by atoms with Crippen LogP contribution in [-0.2, 0) is 11.2 Å². The highest BCUT2D eigenvalue weighted by Gasteiger charge is 2.53. The standard InChI is InChI=1S/C10H12ClF3N2OS/c1-9(15,10(12,13)14)8(17)16-5-4-6-2-3-7(11)18-6/h2-3H,4-5,15H2,1H3,(H,16,17). The van der Waals surface area contributed by atoms with Crippen molar-refractivity contribution in [2.45, 2.75) is 25.1 Å². The third-order valence-electron chi connectivity index (χ3n) is 2.35. The van der Waals surface area contributed by atoms with E-state index in [0.29, 0.717) is 17.7 Å². The summed E-state index contributed by atoms with van der Waals surface area (Å²) >= 11 is 7.01. The number of amides is 1. The summed E-state index contributed by atoms with van der Waals surface area (Å²) in [5.41, 5.74) is 2.09. The molecule has 18 heavy (non-hydrogen) atoms. The van der Waals surface area contributed by atoms with Crippen molar-refractivity contribution in [1.29, 1.82) is 0 Å². The van der Waals surface area contributed by atoms with Gasteiger partial charge in [0.05, 0.1) is 4.34 Å². The summed E-state index contributed by atoms with van der Waals surface area (Å²) in [6.45, 7) is 0.725. The fraction of sp³-hybridized carbons (Fsp3) is 0.500. The van der Waals surface area contributed by atoms with E-state index in [1.54, 1.807) is 12.1 Å². The van der Waals surface area contributed by atoms with Gasteiger partial charge in [-0.15, -0.1) is 11.3 Å². The van der Waals surface area contributed by atoms with Crippen LogP contribution in [0.15, 0.2) is 12.1 Å². The zero-order valence-electron chi connectivity index (χ0n) is 9.47. The number of carbonyl (C=O) groups is 1. The smallest absolute Gasteiger partial charge is 0.354 e. The third kappa shape index (κ3) is 3.60. The number of rotatable bonds is 4. The van der Waals surface area contributed by atoms with Crippen LogP contribution in [0.2, 0.25) is 4.34 Å². The number of carbonyl (C=O) groups excluding carboxylic acids is 1. The van der Waals surface area contributed by atoms with E-state index in [1.807, 2.05) is 0 Å². The number of nitrogens with two attached hydrogens (primary N) is 1. The maximum atomic E-state index is 12.4. The maximum Gasteiger partial charge on any atom is 0.415 e. The molecule has 1 heterocycles. The molecule has 1 aromatic heterocycles. The Morgan fingerprint density at radius 2 is 2.11 bits per heavy atom. The number of alkyl halides is 3. The minimum Gasteiger partial charge on any atom is -0.354 e. The van der Waals surface area contributed by atoms with Crippen molar-refractivity contribution in [2.75, 3.05) is 6.54 Å². The van der Waals surface area contributed by atoms with Gasteiger partial charge in [0, 0.05) is 11.4 Å². The van der Waals surface area contributed by atoms with Crippen molar-refractivity contribution in [3.63, 3.8) is 0 Å². The van der Waals surface area contributed by atoms with Gasteiger partial charge in [-0.2, -0.15) is 13.2 Å². The Morgan fingerprint density at radius 3 is 2.56 bits per heavy atom. The first-order valence-corrected chi connectivity index (χ1v) is 6.22. The van der Waals surface area contributed by atoms with Gasteiger partial charge in [-0.05, 0) is 25.5 Å². The van der Waals surface area contributed by atoms with Crippen molar-refractivity contribution in [3.05, 3.63) is 21.3 Å². The van der Waals surface area contributed by atoms with Crippen LogP contribution >= 0.6 is 22.9 Å². The van der Waals surface area contributed by atoms with Gasteiger partial charge in [0.25, 0.3) is 0 Å². The van der Waals surface area contributed by atoms with E-state index in [-0.39, 0.29) is 6.54 Å². The molecule has 3 N–H and O–H groups in total. The molecule has 0 aliphatic heterocycles. The highest BCUT2D eigenvalue weighted by Crippen LogP contribution is 2.28. The number of halogens is 4. The Hall–Kier alpha value is -0.790. The highest BCUT2D eigenvalue weighted by atomic mass is 35.5. The van der Waals surface area contributed by atoms with E-state index in [9.17, 15) is 18.0 Å². The number of hydrogen-bond donors (Lipinski definition) is 2. The lowest BCUT2D eigenvalue weighted by Gasteiger charge is -2.26. The van der Waals surface area contributed by atoms with Gasteiger partial charge in [0.1, 0.15) is 0 Å². The molecule has 1 unspecified atom stereocenters. The Kier molecular flexibility index (Phi) is 4.63. The highest BCUT2D eigenvalue weighted by molar-refractivity contribution is 7.16. The molecule has 0 fully saturated rings. The van der Waals surface area contributed by atoms with Gasteiger partial charge < -0.3 is 11.1 Å². The summed E-state index contributed by atoms with van der Waals surface area (Å²) in [6, 6.07) is 3.44. The number of nitrogens with one attached hydrogen (secondary N) is 1. The van der Waals surface area contributed by atoms with E-state index >= 15 is 0 Å². The van der Waals surface area contributed by atoms with Gasteiger partial charge in [-0.3, -0.25) is 4.79 Å². The molecule has 0 saturated heterocycles. The van der Waals surface area contributed by atoms with Crippen LogP contribution in [-0.4, -0.2) is 24.2 Å². The topological polar surface area (TPSA) is 55.1 Å². The molecule has 0 bridgehead atoms. The molecule has 0 aliphatic carbocycles. The van der Waals surface area contributed by atoms with Crippen LogP contribution in [0, 0.1) is 0 Å². The van der Waals surface area contributed by atoms with Crippen molar-refractivity contribution < 1.29 is 18.0 Å². The maximum absolute atomic E-state index is 12.4. The monoisotopic (exact) mass is 300 g/mol. The average molecular weight is 301 g/mol. The quantitative estimate of drug-likeness (QED) is 0.897. The Labute approximate surface area is 111 Å². The molecular formula is C10H12ClF3N2OS. The summed E-state index contributed by atoms with van der Waals surface area (Å²) < 4.78 is 37.9. The van der Waals surface area contributed by atoms with Crippen LogP contribution < -0.4 is 11.1 Å². The van der Waals surface area contributed by atoms with Crippen molar-refractivity contribution in [3.8, 4) is 0 Å². The normalized spacial score (nSPS) is 15.2. The summed E-state index contributed by atoms with van der Waals surface area (Å²) in [5, 5.41) is 2.17. The minimum atomic E-state index is -4.77. The second kappa shape index (κ2) is 5.46. The number of hydrogen-bond acceptors (Lipinski definition) is 3. The third-order valence-corrected chi connectivity index (χ3v) is 3.64. The van der Waals surface area contributed by atoms with Crippen molar-refractivity contribution in [2.24, 2.45) is 5.73 Å². The lowest BCUT2D eigenvalue weighted by Crippen LogP contribution is -2.61. The summed E-state index contributed by atoms with van der Waals surface area (Å²) in [4.78, 5) is 12.2. The van der Waals surface area contributed by atoms with E-state index in [1.165, 1.54) is 11.3 Å². The zero-order valence-corrected chi connectivity index (χ0v) is 11.0. The molecule has 0 radical (unpaired) electrons. The molecule has 1 aromatic rings.